The summed E-state index contributed by atoms with van der Waals surface area (Å²) in [5.41, 5.74) is -0.709. The third-order valence-electron chi connectivity index (χ3n) is 3.52. The molecule has 0 saturated heterocycles. The maximum absolute atomic E-state index is 13.3. The van der Waals surface area contributed by atoms with Crippen LogP contribution in [0, 0.1) is 0 Å². The van der Waals surface area contributed by atoms with E-state index < -0.39 is 17.7 Å². The Morgan fingerprint density at radius 3 is 2.62 bits per heavy atom. The van der Waals surface area contributed by atoms with E-state index in [9.17, 15) is 18.0 Å². The summed E-state index contributed by atoms with van der Waals surface area (Å²) in [6.07, 6.45) is -1.07. The van der Waals surface area contributed by atoms with Gasteiger partial charge in [-0.15, -0.1) is 5.10 Å². The lowest BCUT2D eigenvalue weighted by atomic mass is 10.1. The van der Waals surface area contributed by atoms with Crippen molar-refractivity contribution in [2.45, 2.75) is 26.1 Å². The van der Waals surface area contributed by atoms with E-state index in [4.69, 9.17) is 9.47 Å². The highest BCUT2D eigenvalue weighted by molar-refractivity contribution is 5.85. The van der Waals surface area contributed by atoms with Crippen molar-refractivity contribution in [2.75, 3.05) is 27.2 Å². The van der Waals surface area contributed by atoms with Crippen LogP contribution in [-0.2, 0) is 15.7 Å². The summed E-state index contributed by atoms with van der Waals surface area (Å²) in [6.45, 7) is 4.21. The fourth-order valence-corrected chi connectivity index (χ4v) is 2.21. The summed E-state index contributed by atoms with van der Waals surface area (Å²) in [4.78, 5) is 17.4. The number of likely N-dealkylation sites (N-methyl/N-ethyl adjacent to an activating group) is 1. The van der Waals surface area contributed by atoms with Crippen LogP contribution in [0.4, 0.5) is 13.2 Å². The summed E-state index contributed by atoms with van der Waals surface area (Å²) < 4.78 is 51.4. The summed E-state index contributed by atoms with van der Waals surface area (Å²) >= 11 is 0. The molecule has 0 spiro atoms. The van der Waals surface area contributed by atoms with Crippen LogP contribution in [0.3, 0.4) is 0 Å². The van der Waals surface area contributed by atoms with Crippen molar-refractivity contribution in [1.82, 2.24) is 19.7 Å². The number of halogens is 3. The molecule has 0 fully saturated rings. The van der Waals surface area contributed by atoms with E-state index in [0.29, 0.717) is 6.54 Å². The summed E-state index contributed by atoms with van der Waals surface area (Å²) in [7, 11) is 3.67. The second-order valence-electron chi connectivity index (χ2n) is 6.75. The quantitative estimate of drug-likeness (QED) is 0.489. The fraction of sp³-hybridized carbons (Fsp3) is 0.421. The van der Waals surface area contributed by atoms with Crippen LogP contribution in [0.5, 0.6) is 5.75 Å². The number of aromatic nitrogens is 3. The molecular weight excluding hydrogens is 389 g/mol. The lowest BCUT2D eigenvalue weighted by Crippen LogP contribution is -2.19. The first-order valence-electron chi connectivity index (χ1n) is 8.84. The maximum Gasteiger partial charge on any atom is 0.416 e. The number of esters is 1. The largest absolute Gasteiger partial charge is 0.492 e. The van der Waals surface area contributed by atoms with Crippen LogP contribution >= 0.6 is 0 Å². The number of nitrogens with zero attached hydrogens (tertiary/aromatic N) is 4. The zero-order valence-electron chi connectivity index (χ0n) is 16.6. The molecule has 1 aromatic carbocycles. The van der Waals surface area contributed by atoms with Crippen molar-refractivity contribution in [3.63, 3.8) is 0 Å². The van der Waals surface area contributed by atoms with Gasteiger partial charge >= 0.3 is 12.1 Å². The Labute approximate surface area is 166 Å². The van der Waals surface area contributed by atoms with Crippen molar-refractivity contribution in [2.24, 2.45) is 0 Å². The Morgan fingerprint density at radius 1 is 1.28 bits per heavy atom. The molecule has 2 rings (SSSR count). The van der Waals surface area contributed by atoms with Gasteiger partial charge in [-0.1, -0.05) is 0 Å². The lowest BCUT2D eigenvalue weighted by Gasteiger charge is -2.14. The number of carbonyl (C=O) groups is 1. The molecule has 1 aromatic heterocycles. The minimum atomic E-state index is -4.54. The summed E-state index contributed by atoms with van der Waals surface area (Å²) in [5, 5.41) is 4.08. The molecule has 0 aliphatic carbocycles. The number of hydrogen-bond acceptors (Lipinski definition) is 6. The van der Waals surface area contributed by atoms with Crippen molar-refractivity contribution in [3.8, 4) is 17.1 Å². The Morgan fingerprint density at radius 2 is 2.00 bits per heavy atom. The average molecular weight is 412 g/mol. The topological polar surface area (TPSA) is 69.5 Å². The van der Waals surface area contributed by atoms with E-state index >= 15 is 0 Å². The van der Waals surface area contributed by atoms with Gasteiger partial charge < -0.3 is 14.4 Å². The SMILES string of the molecule is CC(C)OC(=O)/C=C/n1cnc(-c2cc(OCCN(C)C)cc(C(F)(F)F)c2)n1. The number of carbonyl (C=O) groups excluding carboxylic acids is 1. The van der Waals surface area contributed by atoms with Crippen molar-refractivity contribution >= 4 is 12.2 Å². The van der Waals surface area contributed by atoms with Gasteiger partial charge in [0.1, 0.15) is 18.7 Å². The molecule has 0 amide bonds. The van der Waals surface area contributed by atoms with E-state index in [1.54, 1.807) is 13.8 Å². The van der Waals surface area contributed by atoms with Crippen LogP contribution in [-0.4, -0.2) is 59.0 Å². The van der Waals surface area contributed by atoms with Crippen LogP contribution in [0.1, 0.15) is 19.4 Å². The van der Waals surface area contributed by atoms with E-state index in [0.717, 1.165) is 18.2 Å². The Kier molecular flexibility index (Phi) is 7.38. The Hall–Kier alpha value is -2.88. The van der Waals surface area contributed by atoms with Gasteiger partial charge in [0.2, 0.25) is 0 Å². The molecule has 1 heterocycles. The van der Waals surface area contributed by atoms with Crippen molar-refractivity contribution in [1.29, 1.82) is 0 Å². The number of alkyl halides is 3. The van der Waals surface area contributed by atoms with Crippen molar-refractivity contribution < 1.29 is 27.4 Å². The van der Waals surface area contributed by atoms with Crippen LogP contribution in [0.15, 0.2) is 30.6 Å². The third kappa shape index (κ3) is 7.22. The molecule has 10 heteroatoms. The molecule has 2 aromatic rings. The first kappa shape index (κ1) is 22.4. The first-order valence-corrected chi connectivity index (χ1v) is 8.84. The monoisotopic (exact) mass is 412 g/mol. The fourth-order valence-electron chi connectivity index (χ4n) is 2.21. The molecule has 0 N–H and O–H groups in total. The van der Waals surface area contributed by atoms with Gasteiger partial charge in [-0.2, -0.15) is 13.2 Å². The molecule has 29 heavy (non-hydrogen) atoms. The normalized spacial score (nSPS) is 12.2. The Bertz CT molecular complexity index is 861. The lowest BCUT2D eigenvalue weighted by molar-refractivity contribution is -0.141. The molecule has 7 nitrogen and oxygen atoms in total. The summed E-state index contributed by atoms with van der Waals surface area (Å²) in [6, 6.07) is 3.34. The first-order chi connectivity index (χ1) is 13.5. The highest BCUT2D eigenvalue weighted by Crippen LogP contribution is 2.34. The molecule has 0 atom stereocenters. The maximum atomic E-state index is 13.3. The zero-order chi connectivity index (χ0) is 21.6. The third-order valence-corrected chi connectivity index (χ3v) is 3.52. The summed E-state index contributed by atoms with van der Waals surface area (Å²) in [5.74, 6) is -0.424. The standard InChI is InChI=1S/C19H23F3N4O3/c1-13(2)29-17(27)5-6-26-12-23-18(24-26)14-9-15(19(20,21)22)11-16(10-14)28-8-7-25(3)4/h5-6,9-13H,7-8H2,1-4H3/b6-5+. The molecule has 0 unspecified atom stereocenters. The predicted octanol–water partition coefficient (Wildman–Crippen LogP) is 3.33. The molecular formula is C19H23F3N4O3. The van der Waals surface area contributed by atoms with E-state index in [1.807, 2.05) is 19.0 Å². The number of benzene rings is 1. The van der Waals surface area contributed by atoms with Crippen LogP contribution in [0.25, 0.3) is 17.6 Å². The molecule has 0 bridgehead atoms. The van der Waals surface area contributed by atoms with Crippen LogP contribution < -0.4 is 4.74 Å². The van der Waals surface area contributed by atoms with Gasteiger partial charge in [0.25, 0.3) is 0 Å². The van der Waals surface area contributed by atoms with E-state index in [1.165, 1.54) is 23.3 Å². The van der Waals surface area contributed by atoms with Gasteiger partial charge in [0.05, 0.1) is 11.7 Å². The minimum Gasteiger partial charge on any atom is -0.492 e. The van der Waals surface area contributed by atoms with E-state index in [2.05, 4.69) is 10.1 Å². The van der Waals surface area contributed by atoms with Crippen LogP contribution in [0.2, 0.25) is 0 Å². The van der Waals surface area contributed by atoms with Gasteiger partial charge in [0.15, 0.2) is 5.82 Å². The number of hydrogen-bond donors (Lipinski definition) is 0. The number of rotatable bonds is 8. The van der Waals surface area contributed by atoms with Gasteiger partial charge in [-0.05, 0) is 46.1 Å². The number of ether oxygens (including phenoxy) is 2. The van der Waals surface area contributed by atoms with Crippen molar-refractivity contribution in [3.05, 3.63) is 36.2 Å². The smallest absolute Gasteiger partial charge is 0.416 e. The Balaban J connectivity index is 2.25. The molecule has 0 aliphatic heterocycles. The van der Waals surface area contributed by atoms with Gasteiger partial charge in [0, 0.05) is 24.4 Å². The average Bonchev–Trinajstić information content (AvgIpc) is 3.07. The van der Waals surface area contributed by atoms with E-state index in [-0.39, 0.29) is 29.8 Å². The van der Waals surface area contributed by atoms with Gasteiger partial charge in [-0.25, -0.2) is 14.5 Å². The molecule has 158 valence electrons. The highest BCUT2D eigenvalue weighted by Gasteiger charge is 2.32. The van der Waals surface area contributed by atoms with Gasteiger partial charge in [-0.3, -0.25) is 0 Å². The molecule has 0 aliphatic rings. The predicted molar refractivity (Wildman–Crippen MR) is 101 cm³/mol. The molecule has 0 radical (unpaired) electrons. The highest BCUT2D eigenvalue weighted by atomic mass is 19.4. The zero-order valence-corrected chi connectivity index (χ0v) is 16.6. The minimum absolute atomic E-state index is 0.0652. The molecule has 0 saturated carbocycles. The second kappa shape index (κ2) is 9.55. The second-order valence-corrected chi connectivity index (χ2v) is 6.75.